The lowest BCUT2D eigenvalue weighted by Crippen LogP contribution is -2.43. The Morgan fingerprint density at radius 1 is 1.33 bits per heavy atom. The van der Waals surface area contributed by atoms with Crippen LogP contribution in [0.2, 0.25) is 0 Å². The molecule has 18 heavy (non-hydrogen) atoms. The van der Waals surface area contributed by atoms with E-state index in [1.807, 2.05) is 39.0 Å². The van der Waals surface area contributed by atoms with E-state index in [1.54, 1.807) is 4.90 Å². The van der Waals surface area contributed by atoms with Crippen LogP contribution in [0.15, 0.2) is 18.2 Å². The summed E-state index contributed by atoms with van der Waals surface area (Å²) < 4.78 is 0. The van der Waals surface area contributed by atoms with E-state index in [9.17, 15) is 9.59 Å². The number of nitrogens with zero attached hydrogens (tertiary/aromatic N) is 1. The lowest BCUT2D eigenvalue weighted by atomic mass is 9.97. The van der Waals surface area contributed by atoms with Gasteiger partial charge in [-0.3, -0.25) is 9.59 Å². The molecule has 1 atom stereocenters. The van der Waals surface area contributed by atoms with Crippen molar-refractivity contribution in [2.24, 2.45) is 5.92 Å². The molecule has 0 N–H and O–H groups in total. The zero-order valence-electron chi connectivity index (χ0n) is 11.2. The van der Waals surface area contributed by atoms with Crippen molar-refractivity contribution in [2.45, 2.75) is 27.2 Å². The van der Waals surface area contributed by atoms with Crippen LogP contribution in [-0.4, -0.2) is 29.7 Å². The Hall–Kier alpha value is -1.64. The maximum atomic E-state index is 12.4. The standard InChI is InChI=1S/C15H19NO2/c1-10-4-5-13(11(2)8-10)15(18)16-7-6-14(17)12(3)9-16/h4-5,8,12H,6-7,9H2,1-3H3. The van der Waals surface area contributed by atoms with E-state index >= 15 is 0 Å². The van der Waals surface area contributed by atoms with Crippen LogP contribution in [0.4, 0.5) is 0 Å². The lowest BCUT2D eigenvalue weighted by Gasteiger charge is -2.30. The Kier molecular flexibility index (Phi) is 3.50. The molecule has 1 saturated heterocycles. The van der Waals surface area contributed by atoms with E-state index < -0.39 is 0 Å². The van der Waals surface area contributed by atoms with E-state index in [0.29, 0.717) is 19.5 Å². The zero-order chi connectivity index (χ0) is 13.3. The molecule has 0 radical (unpaired) electrons. The van der Waals surface area contributed by atoms with Crippen molar-refractivity contribution >= 4 is 11.7 Å². The van der Waals surface area contributed by atoms with Gasteiger partial charge in [0.15, 0.2) is 0 Å². The lowest BCUT2D eigenvalue weighted by molar-refractivity contribution is -0.124. The van der Waals surface area contributed by atoms with Crippen molar-refractivity contribution in [2.75, 3.05) is 13.1 Å². The molecule has 0 aromatic heterocycles. The van der Waals surface area contributed by atoms with Gasteiger partial charge < -0.3 is 4.90 Å². The summed E-state index contributed by atoms with van der Waals surface area (Å²) in [6.07, 6.45) is 0.484. The number of Topliss-reactive ketones (excluding diaryl/α,β-unsaturated/α-hetero) is 1. The van der Waals surface area contributed by atoms with Crippen LogP contribution in [0.3, 0.4) is 0 Å². The highest BCUT2D eigenvalue weighted by atomic mass is 16.2. The average Bonchev–Trinajstić information content (AvgIpc) is 2.32. The first-order valence-corrected chi connectivity index (χ1v) is 6.38. The SMILES string of the molecule is Cc1ccc(C(=O)N2CCC(=O)C(C)C2)c(C)c1. The molecule has 1 aliphatic heterocycles. The topological polar surface area (TPSA) is 37.4 Å². The molecule has 1 aliphatic rings. The molecule has 3 heteroatoms. The van der Waals surface area contributed by atoms with Gasteiger partial charge in [-0.25, -0.2) is 0 Å². The average molecular weight is 245 g/mol. The highest BCUT2D eigenvalue weighted by Gasteiger charge is 2.27. The number of aryl methyl sites for hydroxylation is 2. The first kappa shape index (κ1) is 12.8. The molecular weight excluding hydrogens is 226 g/mol. The Labute approximate surface area is 108 Å². The Bertz CT molecular complexity index is 493. The maximum Gasteiger partial charge on any atom is 0.254 e. The summed E-state index contributed by atoms with van der Waals surface area (Å²) in [6, 6.07) is 5.86. The van der Waals surface area contributed by atoms with Crippen molar-refractivity contribution < 1.29 is 9.59 Å². The van der Waals surface area contributed by atoms with Crippen LogP contribution in [0.5, 0.6) is 0 Å². The van der Waals surface area contributed by atoms with Gasteiger partial charge in [-0.05, 0) is 25.5 Å². The van der Waals surface area contributed by atoms with E-state index in [4.69, 9.17) is 0 Å². The summed E-state index contributed by atoms with van der Waals surface area (Å²) in [5, 5.41) is 0. The molecule has 1 heterocycles. The number of carbonyl (C=O) groups excluding carboxylic acids is 2. The molecule has 0 bridgehead atoms. The third-order valence-electron chi connectivity index (χ3n) is 3.57. The van der Waals surface area contributed by atoms with Crippen LogP contribution in [0.25, 0.3) is 0 Å². The van der Waals surface area contributed by atoms with Gasteiger partial charge >= 0.3 is 0 Å². The van der Waals surface area contributed by atoms with Crippen molar-refractivity contribution in [1.29, 1.82) is 0 Å². The fraction of sp³-hybridized carbons (Fsp3) is 0.467. The fourth-order valence-electron chi connectivity index (χ4n) is 2.42. The normalized spacial score (nSPS) is 20.1. The Morgan fingerprint density at radius 2 is 2.06 bits per heavy atom. The van der Waals surface area contributed by atoms with E-state index in [0.717, 1.165) is 16.7 Å². The van der Waals surface area contributed by atoms with Crippen LogP contribution in [-0.2, 0) is 4.79 Å². The third-order valence-corrected chi connectivity index (χ3v) is 3.57. The minimum absolute atomic E-state index is 0.0338. The smallest absolute Gasteiger partial charge is 0.254 e. The fourth-order valence-corrected chi connectivity index (χ4v) is 2.42. The molecule has 0 aliphatic carbocycles. The molecule has 1 amide bonds. The number of benzene rings is 1. The molecule has 1 unspecified atom stereocenters. The molecular formula is C15H19NO2. The summed E-state index contributed by atoms with van der Waals surface area (Å²) in [5.41, 5.74) is 2.91. The quantitative estimate of drug-likeness (QED) is 0.761. The van der Waals surface area contributed by atoms with Gasteiger partial charge in [-0.1, -0.05) is 24.6 Å². The molecule has 1 aromatic carbocycles. The monoisotopic (exact) mass is 245 g/mol. The second kappa shape index (κ2) is 4.92. The molecule has 2 rings (SSSR count). The van der Waals surface area contributed by atoms with Crippen LogP contribution in [0, 0.1) is 19.8 Å². The van der Waals surface area contributed by atoms with Gasteiger partial charge in [-0.2, -0.15) is 0 Å². The number of carbonyl (C=O) groups is 2. The predicted octanol–water partition coefficient (Wildman–Crippen LogP) is 2.35. The largest absolute Gasteiger partial charge is 0.337 e. The second-order valence-electron chi connectivity index (χ2n) is 5.19. The number of piperidine rings is 1. The number of likely N-dealkylation sites (tertiary alicyclic amines) is 1. The number of rotatable bonds is 1. The number of ketones is 1. The van der Waals surface area contributed by atoms with E-state index in [2.05, 4.69) is 0 Å². The van der Waals surface area contributed by atoms with Gasteiger partial charge in [0.05, 0.1) is 0 Å². The summed E-state index contributed by atoms with van der Waals surface area (Å²) in [7, 11) is 0. The molecule has 0 spiro atoms. The van der Waals surface area contributed by atoms with Crippen LogP contribution in [0.1, 0.15) is 34.8 Å². The predicted molar refractivity (Wildman–Crippen MR) is 70.6 cm³/mol. The van der Waals surface area contributed by atoms with Crippen molar-refractivity contribution in [1.82, 2.24) is 4.90 Å². The molecule has 96 valence electrons. The van der Waals surface area contributed by atoms with Gasteiger partial charge in [0.2, 0.25) is 0 Å². The molecule has 0 saturated carbocycles. The van der Waals surface area contributed by atoms with E-state index in [-0.39, 0.29) is 17.6 Å². The molecule has 3 nitrogen and oxygen atoms in total. The molecule has 1 fully saturated rings. The first-order chi connectivity index (χ1) is 8.49. The van der Waals surface area contributed by atoms with Crippen molar-refractivity contribution in [3.05, 3.63) is 34.9 Å². The Morgan fingerprint density at radius 3 is 2.67 bits per heavy atom. The van der Waals surface area contributed by atoms with Crippen LogP contribution >= 0.6 is 0 Å². The van der Waals surface area contributed by atoms with Crippen LogP contribution < -0.4 is 0 Å². The number of amides is 1. The molecule has 1 aromatic rings. The van der Waals surface area contributed by atoms with Gasteiger partial charge in [0.25, 0.3) is 5.91 Å². The number of hydrogen-bond acceptors (Lipinski definition) is 2. The van der Waals surface area contributed by atoms with Crippen molar-refractivity contribution in [3.8, 4) is 0 Å². The summed E-state index contributed by atoms with van der Waals surface area (Å²) in [5.74, 6) is 0.278. The van der Waals surface area contributed by atoms with E-state index in [1.165, 1.54) is 0 Å². The second-order valence-corrected chi connectivity index (χ2v) is 5.19. The first-order valence-electron chi connectivity index (χ1n) is 6.38. The minimum atomic E-state index is -0.0338. The number of hydrogen-bond donors (Lipinski definition) is 0. The maximum absolute atomic E-state index is 12.4. The van der Waals surface area contributed by atoms with Crippen molar-refractivity contribution in [3.63, 3.8) is 0 Å². The van der Waals surface area contributed by atoms with Gasteiger partial charge in [0, 0.05) is 31.0 Å². The summed E-state index contributed by atoms with van der Waals surface area (Å²) >= 11 is 0. The highest BCUT2D eigenvalue weighted by Crippen LogP contribution is 2.18. The van der Waals surface area contributed by atoms with Gasteiger partial charge in [0.1, 0.15) is 5.78 Å². The minimum Gasteiger partial charge on any atom is -0.337 e. The summed E-state index contributed by atoms with van der Waals surface area (Å²) in [6.45, 7) is 6.96. The van der Waals surface area contributed by atoms with Gasteiger partial charge in [-0.15, -0.1) is 0 Å². The third kappa shape index (κ3) is 2.45. The Balaban J connectivity index is 2.19. The zero-order valence-corrected chi connectivity index (χ0v) is 11.2. The summed E-state index contributed by atoms with van der Waals surface area (Å²) in [4.78, 5) is 25.7. The highest BCUT2D eigenvalue weighted by molar-refractivity contribution is 5.97.